The van der Waals surface area contributed by atoms with Crippen molar-refractivity contribution in [1.29, 1.82) is 0 Å². The van der Waals surface area contributed by atoms with Gasteiger partial charge in [-0.2, -0.15) is 0 Å². The molecule has 4 rings (SSSR count). The number of rotatable bonds is 4. The van der Waals surface area contributed by atoms with E-state index < -0.39 is 0 Å². The van der Waals surface area contributed by atoms with Crippen molar-refractivity contribution in [3.8, 4) is 17.1 Å². The third-order valence-electron chi connectivity index (χ3n) is 5.44. The van der Waals surface area contributed by atoms with Crippen LogP contribution in [0, 0.1) is 13.8 Å². The second kappa shape index (κ2) is 7.00. The molecule has 5 heteroatoms. The third kappa shape index (κ3) is 2.89. The van der Waals surface area contributed by atoms with Crippen LogP contribution in [0.5, 0.6) is 5.75 Å². The molecule has 0 saturated carbocycles. The Morgan fingerprint density at radius 1 is 0.964 bits per heavy atom. The van der Waals surface area contributed by atoms with E-state index in [0.717, 1.165) is 33.6 Å². The molecule has 0 aliphatic carbocycles. The number of hydrogen-bond acceptors (Lipinski definition) is 4. The van der Waals surface area contributed by atoms with Gasteiger partial charge < -0.3 is 15.0 Å². The van der Waals surface area contributed by atoms with Crippen molar-refractivity contribution in [1.82, 2.24) is 14.5 Å². The fraction of sp³-hybridized carbons (Fsp3) is 0.217. The number of hydrogen-bond donors (Lipinski definition) is 1. The molecule has 0 amide bonds. The number of methoxy groups -OCH3 is 1. The topological polar surface area (TPSA) is 66.0 Å². The van der Waals surface area contributed by atoms with Gasteiger partial charge in [0.25, 0.3) is 0 Å². The molecule has 1 unspecified atom stereocenters. The van der Waals surface area contributed by atoms with Gasteiger partial charge in [0.2, 0.25) is 0 Å². The maximum Gasteiger partial charge on any atom is 0.163 e. The van der Waals surface area contributed by atoms with Gasteiger partial charge in [-0.15, -0.1) is 0 Å². The Bertz CT molecular complexity index is 1130. The first-order valence-corrected chi connectivity index (χ1v) is 9.35. The average molecular weight is 372 g/mol. The first-order valence-electron chi connectivity index (χ1n) is 9.35. The zero-order valence-electron chi connectivity index (χ0n) is 16.6. The Kier molecular flexibility index (Phi) is 4.51. The largest absolute Gasteiger partial charge is 0.497 e. The summed E-state index contributed by atoms with van der Waals surface area (Å²) >= 11 is 0. The van der Waals surface area contributed by atoms with Crippen LogP contribution in [-0.4, -0.2) is 21.6 Å². The van der Waals surface area contributed by atoms with E-state index in [1.165, 1.54) is 5.56 Å². The second-order valence-electron chi connectivity index (χ2n) is 7.03. The normalized spacial score (nSPS) is 12.3. The number of aromatic nitrogens is 3. The summed E-state index contributed by atoms with van der Waals surface area (Å²) in [7, 11) is 1.65. The van der Waals surface area contributed by atoms with E-state index in [4.69, 9.17) is 15.5 Å². The SMILES string of the molecule is COc1ccc(-c2nc(N)c3c(C)c(C)n(C(C)c4ccccc4)c3n2)cc1. The van der Waals surface area contributed by atoms with Gasteiger partial charge in [0.05, 0.1) is 18.5 Å². The Balaban J connectivity index is 1.92. The molecular weight excluding hydrogens is 348 g/mol. The van der Waals surface area contributed by atoms with E-state index in [-0.39, 0.29) is 6.04 Å². The molecule has 0 aliphatic rings. The van der Waals surface area contributed by atoms with Crippen molar-refractivity contribution in [2.75, 3.05) is 12.8 Å². The van der Waals surface area contributed by atoms with Crippen molar-refractivity contribution in [3.63, 3.8) is 0 Å². The van der Waals surface area contributed by atoms with Gasteiger partial charge in [-0.05, 0) is 56.2 Å². The lowest BCUT2D eigenvalue weighted by atomic mass is 10.1. The molecule has 0 spiro atoms. The Morgan fingerprint density at radius 2 is 1.64 bits per heavy atom. The summed E-state index contributed by atoms with van der Waals surface area (Å²) in [4.78, 5) is 9.51. The van der Waals surface area contributed by atoms with Crippen molar-refractivity contribution >= 4 is 16.9 Å². The number of ether oxygens (including phenoxy) is 1. The van der Waals surface area contributed by atoms with Crippen LogP contribution in [0.25, 0.3) is 22.4 Å². The number of nitrogen functional groups attached to an aromatic ring is 1. The Hall–Kier alpha value is -3.34. The number of anilines is 1. The van der Waals surface area contributed by atoms with E-state index in [9.17, 15) is 0 Å². The van der Waals surface area contributed by atoms with Gasteiger partial charge >= 0.3 is 0 Å². The molecule has 2 N–H and O–H groups in total. The zero-order chi connectivity index (χ0) is 19.8. The summed E-state index contributed by atoms with van der Waals surface area (Å²) in [6.07, 6.45) is 0. The van der Waals surface area contributed by atoms with Crippen molar-refractivity contribution in [3.05, 3.63) is 71.4 Å². The Morgan fingerprint density at radius 3 is 2.29 bits per heavy atom. The molecular formula is C23H24N4O. The highest BCUT2D eigenvalue weighted by molar-refractivity contribution is 5.92. The Labute approximate surface area is 164 Å². The van der Waals surface area contributed by atoms with Gasteiger partial charge in [0, 0.05) is 11.3 Å². The van der Waals surface area contributed by atoms with Crippen molar-refractivity contribution in [2.45, 2.75) is 26.8 Å². The summed E-state index contributed by atoms with van der Waals surface area (Å²) in [5, 5.41) is 0.928. The van der Waals surface area contributed by atoms with Crippen LogP contribution in [0.3, 0.4) is 0 Å². The summed E-state index contributed by atoms with van der Waals surface area (Å²) in [6.45, 7) is 6.38. The number of aryl methyl sites for hydroxylation is 1. The van der Waals surface area contributed by atoms with Crippen LogP contribution in [0.15, 0.2) is 54.6 Å². The molecule has 0 aliphatic heterocycles. The predicted molar refractivity (Wildman–Crippen MR) is 114 cm³/mol. The number of benzene rings is 2. The molecule has 2 aromatic carbocycles. The van der Waals surface area contributed by atoms with Crippen LogP contribution in [0.4, 0.5) is 5.82 Å². The summed E-state index contributed by atoms with van der Waals surface area (Å²) < 4.78 is 7.50. The van der Waals surface area contributed by atoms with Crippen LogP contribution in [0.1, 0.15) is 29.8 Å². The standard InChI is InChI=1S/C23H24N4O/c1-14-15(2)27(16(3)17-8-6-5-7-9-17)23-20(14)21(24)25-22(26-23)18-10-12-19(28-4)13-11-18/h5-13,16H,1-4H3,(H2,24,25,26). The van der Waals surface area contributed by atoms with Gasteiger partial charge in [-0.3, -0.25) is 0 Å². The first-order chi connectivity index (χ1) is 13.5. The fourth-order valence-corrected chi connectivity index (χ4v) is 3.74. The highest BCUT2D eigenvalue weighted by atomic mass is 16.5. The van der Waals surface area contributed by atoms with E-state index in [0.29, 0.717) is 11.6 Å². The molecule has 4 aromatic rings. The molecule has 0 fully saturated rings. The molecule has 0 saturated heterocycles. The summed E-state index contributed by atoms with van der Waals surface area (Å²) in [5.41, 5.74) is 11.7. The lowest BCUT2D eigenvalue weighted by molar-refractivity contribution is 0.415. The molecule has 28 heavy (non-hydrogen) atoms. The van der Waals surface area contributed by atoms with Gasteiger partial charge in [0.15, 0.2) is 5.82 Å². The van der Waals surface area contributed by atoms with Crippen LogP contribution in [0.2, 0.25) is 0 Å². The van der Waals surface area contributed by atoms with Gasteiger partial charge in [0.1, 0.15) is 17.2 Å². The zero-order valence-corrected chi connectivity index (χ0v) is 16.6. The summed E-state index contributed by atoms with van der Waals surface area (Å²) in [5.74, 6) is 1.92. The third-order valence-corrected chi connectivity index (χ3v) is 5.44. The second-order valence-corrected chi connectivity index (χ2v) is 7.03. The molecule has 0 bridgehead atoms. The number of nitrogens with two attached hydrogens (primary N) is 1. The fourth-order valence-electron chi connectivity index (χ4n) is 3.74. The lowest BCUT2D eigenvalue weighted by Crippen LogP contribution is -2.10. The molecule has 142 valence electrons. The monoisotopic (exact) mass is 372 g/mol. The van der Waals surface area contributed by atoms with Crippen LogP contribution < -0.4 is 10.5 Å². The summed E-state index contributed by atoms with van der Waals surface area (Å²) in [6, 6.07) is 18.3. The quantitative estimate of drug-likeness (QED) is 0.552. The first kappa shape index (κ1) is 18.0. The number of fused-ring (bicyclic) bond motifs is 1. The predicted octanol–water partition coefficient (Wildman–Crippen LogP) is 4.92. The maximum atomic E-state index is 6.38. The molecule has 5 nitrogen and oxygen atoms in total. The van der Waals surface area contributed by atoms with Gasteiger partial charge in [-0.1, -0.05) is 30.3 Å². The molecule has 2 heterocycles. The van der Waals surface area contributed by atoms with Gasteiger partial charge in [-0.25, -0.2) is 9.97 Å². The van der Waals surface area contributed by atoms with E-state index >= 15 is 0 Å². The highest BCUT2D eigenvalue weighted by Crippen LogP contribution is 2.34. The molecule has 0 radical (unpaired) electrons. The maximum absolute atomic E-state index is 6.38. The van der Waals surface area contributed by atoms with Crippen molar-refractivity contribution < 1.29 is 4.74 Å². The van der Waals surface area contributed by atoms with E-state index in [1.807, 2.05) is 30.3 Å². The molecule has 2 aromatic heterocycles. The van der Waals surface area contributed by atoms with Crippen LogP contribution in [-0.2, 0) is 0 Å². The molecule has 1 atom stereocenters. The van der Waals surface area contributed by atoms with E-state index in [1.54, 1.807) is 7.11 Å². The van der Waals surface area contributed by atoms with Crippen molar-refractivity contribution in [2.24, 2.45) is 0 Å². The lowest BCUT2D eigenvalue weighted by Gasteiger charge is -2.18. The van der Waals surface area contributed by atoms with Crippen LogP contribution >= 0.6 is 0 Å². The minimum atomic E-state index is 0.135. The van der Waals surface area contributed by atoms with E-state index in [2.05, 4.69) is 54.6 Å². The number of nitrogens with zero attached hydrogens (tertiary/aromatic N) is 3. The minimum absolute atomic E-state index is 0.135. The highest BCUT2D eigenvalue weighted by Gasteiger charge is 2.21. The average Bonchev–Trinajstić information content (AvgIpc) is 2.98. The smallest absolute Gasteiger partial charge is 0.163 e. The minimum Gasteiger partial charge on any atom is -0.497 e.